The molecule has 0 aromatic heterocycles. The van der Waals surface area contributed by atoms with Crippen molar-refractivity contribution in [1.29, 1.82) is 0 Å². The lowest BCUT2D eigenvalue weighted by Gasteiger charge is -2.17. The van der Waals surface area contributed by atoms with E-state index in [1.807, 2.05) is 30.3 Å². The molecule has 126 valence electrons. The van der Waals surface area contributed by atoms with Crippen molar-refractivity contribution in [3.8, 4) is 0 Å². The molecule has 2 aromatic rings. The van der Waals surface area contributed by atoms with Gasteiger partial charge in [0.15, 0.2) is 10.2 Å². The molecular formula is C18H22N4S2. The Morgan fingerprint density at radius 2 is 1.62 bits per heavy atom. The van der Waals surface area contributed by atoms with Crippen LogP contribution in [-0.4, -0.2) is 10.2 Å². The Morgan fingerprint density at radius 1 is 0.917 bits per heavy atom. The van der Waals surface area contributed by atoms with Crippen molar-refractivity contribution in [3.63, 3.8) is 0 Å². The van der Waals surface area contributed by atoms with Crippen LogP contribution < -0.4 is 21.5 Å². The van der Waals surface area contributed by atoms with Gasteiger partial charge in [0.05, 0.1) is 0 Å². The van der Waals surface area contributed by atoms with E-state index in [2.05, 4.69) is 53.5 Å². The van der Waals surface area contributed by atoms with E-state index in [0.29, 0.717) is 16.8 Å². The summed E-state index contributed by atoms with van der Waals surface area (Å²) in [6.45, 7) is 4.84. The fourth-order valence-corrected chi connectivity index (χ4v) is 2.56. The second kappa shape index (κ2) is 9.20. The first-order valence-electron chi connectivity index (χ1n) is 7.83. The highest BCUT2D eigenvalue weighted by Gasteiger charge is 2.06. The van der Waals surface area contributed by atoms with Crippen LogP contribution in [0.4, 0.5) is 5.69 Å². The molecule has 0 aliphatic carbocycles. The summed E-state index contributed by atoms with van der Waals surface area (Å²) < 4.78 is 0. The van der Waals surface area contributed by atoms with Crippen LogP contribution in [0.3, 0.4) is 0 Å². The number of aryl methyl sites for hydroxylation is 2. The van der Waals surface area contributed by atoms with E-state index in [-0.39, 0.29) is 0 Å². The topological polar surface area (TPSA) is 48.1 Å². The summed E-state index contributed by atoms with van der Waals surface area (Å²) in [7, 11) is 0. The van der Waals surface area contributed by atoms with Crippen LogP contribution in [0.25, 0.3) is 0 Å². The largest absolute Gasteiger partial charge is 0.357 e. The van der Waals surface area contributed by atoms with Gasteiger partial charge < -0.3 is 10.6 Å². The van der Waals surface area contributed by atoms with Crippen molar-refractivity contribution in [2.75, 3.05) is 5.32 Å². The lowest BCUT2D eigenvalue weighted by Crippen LogP contribution is -2.48. The van der Waals surface area contributed by atoms with Crippen molar-refractivity contribution in [1.82, 2.24) is 16.2 Å². The molecule has 0 saturated heterocycles. The van der Waals surface area contributed by atoms with Gasteiger partial charge in [0.2, 0.25) is 0 Å². The minimum absolute atomic E-state index is 0.475. The Kier molecular flexibility index (Phi) is 6.96. The first kappa shape index (κ1) is 18.2. The lowest BCUT2D eigenvalue weighted by atomic mass is 10.1. The lowest BCUT2D eigenvalue weighted by molar-refractivity contribution is 0.808. The van der Waals surface area contributed by atoms with Gasteiger partial charge in [-0.1, -0.05) is 55.5 Å². The highest BCUT2D eigenvalue weighted by atomic mass is 32.1. The zero-order valence-electron chi connectivity index (χ0n) is 13.8. The van der Waals surface area contributed by atoms with Gasteiger partial charge in [0, 0.05) is 12.2 Å². The fourth-order valence-electron chi connectivity index (χ4n) is 2.28. The molecule has 0 saturated carbocycles. The summed E-state index contributed by atoms with van der Waals surface area (Å²) in [4.78, 5) is 0. The third kappa shape index (κ3) is 5.47. The Balaban J connectivity index is 1.80. The van der Waals surface area contributed by atoms with E-state index in [0.717, 1.165) is 23.2 Å². The van der Waals surface area contributed by atoms with Gasteiger partial charge in [-0.15, -0.1) is 0 Å². The monoisotopic (exact) mass is 358 g/mol. The molecule has 0 bridgehead atoms. The minimum Gasteiger partial charge on any atom is -0.357 e. The number of nitrogens with one attached hydrogen (secondary N) is 4. The number of anilines is 1. The van der Waals surface area contributed by atoms with Crippen molar-refractivity contribution in [2.24, 2.45) is 0 Å². The van der Waals surface area contributed by atoms with Gasteiger partial charge in [-0.2, -0.15) is 0 Å². The summed E-state index contributed by atoms with van der Waals surface area (Å²) in [5.74, 6) is 0. The van der Waals surface area contributed by atoms with E-state index in [1.54, 1.807) is 0 Å². The van der Waals surface area contributed by atoms with E-state index in [4.69, 9.17) is 24.4 Å². The van der Waals surface area contributed by atoms with Crippen LogP contribution in [0, 0.1) is 6.92 Å². The molecule has 4 nitrogen and oxygen atoms in total. The molecule has 4 N–H and O–H groups in total. The third-order valence-electron chi connectivity index (χ3n) is 3.56. The van der Waals surface area contributed by atoms with Crippen LogP contribution in [0.2, 0.25) is 0 Å². The first-order valence-corrected chi connectivity index (χ1v) is 8.65. The fraction of sp³-hybridized carbons (Fsp3) is 0.222. The predicted octanol–water partition coefficient (Wildman–Crippen LogP) is 3.42. The van der Waals surface area contributed by atoms with Crippen LogP contribution in [0.1, 0.15) is 23.6 Å². The molecule has 0 atom stereocenters. The third-order valence-corrected chi connectivity index (χ3v) is 4.01. The molecule has 2 aromatic carbocycles. The maximum absolute atomic E-state index is 5.33. The second-order valence-corrected chi connectivity index (χ2v) is 6.15. The smallest absolute Gasteiger partial charge is 0.189 e. The maximum atomic E-state index is 5.33. The zero-order chi connectivity index (χ0) is 17.4. The van der Waals surface area contributed by atoms with Gasteiger partial charge in [0.25, 0.3) is 0 Å². The predicted molar refractivity (Wildman–Crippen MR) is 109 cm³/mol. The summed E-state index contributed by atoms with van der Waals surface area (Å²) in [5, 5.41) is 7.32. The van der Waals surface area contributed by atoms with Gasteiger partial charge in [-0.25, -0.2) is 0 Å². The molecule has 0 heterocycles. The highest BCUT2D eigenvalue weighted by Crippen LogP contribution is 2.20. The molecule has 0 fully saturated rings. The zero-order valence-corrected chi connectivity index (χ0v) is 15.5. The number of hydrogen-bond acceptors (Lipinski definition) is 2. The number of para-hydroxylation sites is 1. The molecule has 0 spiro atoms. The Morgan fingerprint density at radius 3 is 2.33 bits per heavy atom. The molecular weight excluding hydrogens is 336 g/mol. The first-order chi connectivity index (χ1) is 11.6. The van der Waals surface area contributed by atoms with E-state index < -0.39 is 0 Å². The molecule has 0 aliphatic rings. The SMILES string of the molecule is CCc1cccc(C)c1NC(=S)NNC(=S)NCc1ccccc1. The number of hydrazine groups is 1. The average molecular weight is 359 g/mol. The number of benzene rings is 2. The second-order valence-electron chi connectivity index (χ2n) is 5.33. The molecule has 0 unspecified atom stereocenters. The maximum Gasteiger partial charge on any atom is 0.189 e. The Bertz CT molecular complexity index is 701. The molecule has 0 radical (unpaired) electrons. The van der Waals surface area contributed by atoms with Crippen LogP contribution in [0.15, 0.2) is 48.5 Å². The van der Waals surface area contributed by atoms with Gasteiger partial charge >= 0.3 is 0 Å². The Hall–Kier alpha value is -2.18. The van der Waals surface area contributed by atoms with E-state index in [1.165, 1.54) is 5.56 Å². The minimum atomic E-state index is 0.475. The summed E-state index contributed by atoms with van der Waals surface area (Å²) in [6.07, 6.45) is 0.942. The molecule has 0 amide bonds. The summed E-state index contributed by atoms with van der Waals surface area (Å²) in [6, 6.07) is 16.3. The van der Waals surface area contributed by atoms with Crippen LogP contribution >= 0.6 is 24.4 Å². The molecule has 6 heteroatoms. The van der Waals surface area contributed by atoms with Crippen molar-refractivity contribution >= 4 is 40.3 Å². The van der Waals surface area contributed by atoms with Gasteiger partial charge in [0.1, 0.15) is 0 Å². The van der Waals surface area contributed by atoms with E-state index >= 15 is 0 Å². The number of rotatable bonds is 4. The van der Waals surface area contributed by atoms with Crippen molar-refractivity contribution < 1.29 is 0 Å². The number of hydrogen-bond donors (Lipinski definition) is 4. The van der Waals surface area contributed by atoms with Crippen molar-refractivity contribution in [3.05, 3.63) is 65.2 Å². The van der Waals surface area contributed by atoms with Gasteiger partial charge in [-0.05, 0) is 54.5 Å². The van der Waals surface area contributed by atoms with E-state index in [9.17, 15) is 0 Å². The molecule has 24 heavy (non-hydrogen) atoms. The Labute approximate surface area is 154 Å². The molecule has 0 aliphatic heterocycles. The summed E-state index contributed by atoms with van der Waals surface area (Å²) >= 11 is 10.6. The standard InChI is InChI=1S/C18H22N4S2/c1-3-15-11-7-8-13(2)16(15)20-18(24)22-21-17(23)19-12-14-9-5-4-6-10-14/h4-11H,3,12H2,1-2H3,(H2,19,21,23)(H2,20,22,24). The number of thiocarbonyl (C=S) groups is 2. The highest BCUT2D eigenvalue weighted by molar-refractivity contribution is 7.80. The van der Waals surface area contributed by atoms with Crippen LogP contribution in [0.5, 0.6) is 0 Å². The average Bonchev–Trinajstić information content (AvgIpc) is 2.60. The van der Waals surface area contributed by atoms with Crippen LogP contribution in [-0.2, 0) is 13.0 Å². The van der Waals surface area contributed by atoms with Gasteiger partial charge in [-0.3, -0.25) is 10.9 Å². The normalized spacial score (nSPS) is 9.92. The van der Waals surface area contributed by atoms with Crippen molar-refractivity contribution in [2.45, 2.75) is 26.8 Å². The summed E-state index contributed by atoms with van der Waals surface area (Å²) in [5.41, 5.74) is 10.4. The molecule has 2 rings (SSSR count). The quantitative estimate of drug-likeness (QED) is 0.496.